The summed E-state index contributed by atoms with van der Waals surface area (Å²) < 4.78 is 0. The van der Waals surface area contributed by atoms with E-state index in [4.69, 9.17) is 15.0 Å². The fourth-order valence-corrected chi connectivity index (χ4v) is 5.12. The topological polar surface area (TPSA) is 85.9 Å². The van der Waals surface area contributed by atoms with Crippen LogP contribution in [0.1, 0.15) is 30.9 Å². The van der Waals surface area contributed by atoms with E-state index in [1.807, 2.05) is 30.5 Å². The molecular weight excluding hydrogens is 412 g/mol. The molecule has 4 aliphatic rings. The number of para-hydroxylation sites is 1. The molecule has 1 saturated carbocycles. The van der Waals surface area contributed by atoms with Crippen LogP contribution in [0.25, 0.3) is 22.3 Å². The fraction of sp³-hybridized carbons (Fsp3) is 0.360. The number of pyridine rings is 1. The van der Waals surface area contributed by atoms with Crippen molar-refractivity contribution in [1.82, 2.24) is 30.0 Å². The molecule has 8 nitrogen and oxygen atoms in total. The second-order valence-corrected chi connectivity index (χ2v) is 9.54. The highest BCUT2D eigenvalue weighted by atomic mass is 15.4. The van der Waals surface area contributed by atoms with Crippen LogP contribution < -0.4 is 10.2 Å². The first-order valence-electron chi connectivity index (χ1n) is 11.7. The van der Waals surface area contributed by atoms with Gasteiger partial charge in [-0.1, -0.05) is 12.1 Å². The lowest BCUT2D eigenvalue weighted by Crippen LogP contribution is -2.67. The number of fused-ring (bicyclic) bond motifs is 3. The molecule has 4 aromatic rings. The average molecular weight is 439 g/mol. The number of H-pyrrole nitrogens is 1. The predicted octanol–water partition coefficient (Wildman–Crippen LogP) is 3.93. The van der Waals surface area contributed by atoms with Gasteiger partial charge in [-0.15, -0.1) is 0 Å². The maximum atomic E-state index is 4.87. The number of nitrogens with one attached hydrogen (secondary N) is 2. The minimum Gasteiger partial charge on any atom is -0.353 e. The number of anilines is 3. The number of nitrogens with zero attached hydrogens (tertiary/aromatic N) is 6. The van der Waals surface area contributed by atoms with Gasteiger partial charge in [0, 0.05) is 60.0 Å². The number of aromatic nitrogens is 5. The van der Waals surface area contributed by atoms with Gasteiger partial charge in [-0.3, -0.25) is 10.00 Å². The number of likely N-dealkylation sites (N-methyl/N-ethyl adjacent to an activating group) is 1. The summed E-state index contributed by atoms with van der Waals surface area (Å²) in [6.45, 7) is 2.10. The zero-order valence-corrected chi connectivity index (χ0v) is 18.6. The van der Waals surface area contributed by atoms with E-state index in [-0.39, 0.29) is 0 Å². The summed E-state index contributed by atoms with van der Waals surface area (Å²) in [6, 6.07) is 15.7. The predicted molar refractivity (Wildman–Crippen MR) is 129 cm³/mol. The Morgan fingerprint density at radius 3 is 2.64 bits per heavy atom. The molecule has 0 radical (unpaired) electrons. The molecule has 2 unspecified atom stereocenters. The summed E-state index contributed by atoms with van der Waals surface area (Å²) in [5.41, 5.74) is 3.00. The van der Waals surface area contributed by atoms with Crippen molar-refractivity contribution in [3.05, 3.63) is 54.4 Å². The van der Waals surface area contributed by atoms with Gasteiger partial charge in [-0.05, 0) is 50.6 Å². The van der Waals surface area contributed by atoms with Crippen molar-refractivity contribution in [2.75, 3.05) is 30.4 Å². The minimum atomic E-state index is 0.626. The van der Waals surface area contributed by atoms with Crippen LogP contribution in [0.4, 0.5) is 17.5 Å². The number of piperidine rings is 1. The third kappa shape index (κ3) is 3.33. The number of aromatic amines is 1. The second-order valence-electron chi connectivity index (χ2n) is 9.54. The molecule has 8 rings (SSSR count). The lowest BCUT2D eigenvalue weighted by atomic mass is 9.88. The lowest BCUT2D eigenvalue weighted by Gasteiger charge is -2.55. The maximum Gasteiger partial charge on any atom is 0.163 e. The zero-order chi connectivity index (χ0) is 21.9. The Balaban J connectivity index is 1.19. The Morgan fingerprint density at radius 1 is 1.03 bits per heavy atom. The zero-order valence-electron chi connectivity index (χ0n) is 18.6. The van der Waals surface area contributed by atoms with Crippen LogP contribution in [-0.4, -0.2) is 62.3 Å². The van der Waals surface area contributed by atoms with Crippen LogP contribution in [0.15, 0.2) is 48.7 Å². The minimum absolute atomic E-state index is 0.626. The van der Waals surface area contributed by atoms with Crippen molar-refractivity contribution in [3.8, 4) is 11.4 Å². The molecule has 8 heteroatoms. The first-order chi connectivity index (χ1) is 16.2. The molecule has 1 aromatic carbocycles. The summed E-state index contributed by atoms with van der Waals surface area (Å²) in [5, 5.41) is 12.0. The number of piperazine rings is 1. The molecule has 3 aromatic heterocycles. The highest BCUT2D eigenvalue weighted by Crippen LogP contribution is 2.40. The maximum absolute atomic E-state index is 4.87. The highest BCUT2D eigenvalue weighted by molar-refractivity contribution is 5.92. The van der Waals surface area contributed by atoms with E-state index in [2.05, 4.69) is 50.6 Å². The van der Waals surface area contributed by atoms with Crippen LogP contribution in [0.3, 0.4) is 0 Å². The Labute approximate surface area is 192 Å². The van der Waals surface area contributed by atoms with E-state index >= 15 is 0 Å². The highest BCUT2D eigenvalue weighted by Gasteiger charge is 2.42. The van der Waals surface area contributed by atoms with Crippen molar-refractivity contribution in [1.29, 1.82) is 0 Å². The SMILES string of the molecule is CN1C2CC1CN(c1ccc(-c3nc(Nc4cc(C5CC5)[nH]n4)c4ccccc4n3)cn1)C2. The number of hydrogen-bond acceptors (Lipinski definition) is 7. The normalized spacial score (nSPS) is 22.4. The van der Waals surface area contributed by atoms with E-state index in [1.54, 1.807) is 0 Å². The average Bonchev–Trinajstić information content (AvgIpc) is 3.62. The number of hydrogen-bond donors (Lipinski definition) is 2. The molecule has 0 spiro atoms. The summed E-state index contributed by atoms with van der Waals surface area (Å²) in [4.78, 5) is 19.3. The van der Waals surface area contributed by atoms with Crippen LogP contribution in [-0.2, 0) is 0 Å². The van der Waals surface area contributed by atoms with Crippen molar-refractivity contribution in [3.63, 3.8) is 0 Å². The molecule has 33 heavy (non-hydrogen) atoms. The molecule has 2 N–H and O–H groups in total. The van der Waals surface area contributed by atoms with Gasteiger partial charge in [-0.25, -0.2) is 15.0 Å². The molecule has 1 aliphatic carbocycles. The Hall–Kier alpha value is -3.52. The molecule has 2 atom stereocenters. The Bertz CT molecular complexity index is 1310. The van der Waals surface area contributed by atoms with Gasteiger partial charge in [0.05, 0.1) is 5.52 Å². The van der Waals surface area contributed by atoms with Crippen LogP contribution >= 0.6 is 0 Å². The van der Waals surface area contributed by atoms with Gasteiger partial charge < -0.3 is 10.2 Å². The molecule has 0 amide bonds. The van der Waals surface area contributed by atoms with Crippen LogP contribution in [0.5, 0.6) is 0 Å². The standard InChI is InChI=1S/C25H26N8/c1-32-17-10-18(32)14-33(13-17)23-9-8-16(12-26-23)24-27-20-5-3-2-4-19(20)25(29-24)28-22-11-21(30-31-22)15-6-7-15/h2-5,8-9,11-12,15,17-18H,6-7,10,13-14H2,1H3,(H2,27,28,29,30,31). The van der Waals surface area contributed by atoms with Gasteiger partial charge in [0.1, 0.15) is 11.6 Å². The summed E-state index contributed by atoms with van der Waals surface area (Å²) in [6.07, 6.45) is 5.68. The monoisotopic (exact) mass is 438 g/mol. The van der Waals surface area contributed by atoms with Gasteiger partial charge in [0.25, 0.3) is 0 Å². The Morgan fingerprint density at radius 2 is 1.88 bits per heavy atom. The van der Waals surface area contributed by atoms with E-state index < -0.39 is 0 Å². The van der Waals surface area contributed by atoms with Crippen LogP contribution in [0, 0.1) is 0 Å². The molecule has 3 saturated heterocycles. The van der Waals surface area contributed by atoms with Crippen molar-refractivity contribution in [2.24, 2.45) is 0 Å². The molecule has 4 fully saturated rings. The molecule has 166 valence electrons. The van der Waals surface area contributed by atoms with Gasteiger partial charge in [0.15, 0.2) is 11.6 Å². The van der Waals surface area contributed by atoms with Crippen LogP contribution in [0.2, 0.25) is 0 Å². The lowest BCUT2D eigenvalue weighted by molar-refractivity contribution is 0.0261. The molecule has 3 aliphatic heterocycles. The van der Waals surface area contributed by atoms with Crippen molar-refractivity contribution < 1.29 is 0 Å². The quantitative estimate of drug-likeness (QED) is 0.488. The summed E-state index contributed by atoms with van der Waals surface area (Å²) >= 11 is 0. The summed E-state index contributed by atoms with van der Waals surface area (Å²) in [5.74, 6) is 3.86. The van der Waals surface area contributed by atoms with Crippen molar-refractivity contribution in [2.45, 2.75) is 37.3 Å². The third-order valence-electron chi connectivity index (χ3n) is 7.35. The van der Waals surface area contributed by atoms with Gasteiger partial charge in [-0.2, -0.15) is 5.10 Å². The molecule has 2 bridgehead atoms. The van der Waals surface area contributed by atoms with E-state index in [0.717, 1.165) is 47.0 Å². The fourth-order valence-electron chi connectivity index (χ4n) is 5.12. The first-order valence-corrected chi connectivity index (χ1v) is 11.7. The first kappa shape index (κ1) is 19.0. The van der Waals surface area contributed by atoms with E-state index in [0.29, 0.717) is 23.8 Å². The third-order valence-corrected chi connectivity index (χ3v) is 7.35. The second kappa shape index (κ2) is 7.25. The summed E-state index contributed by atoms with van der Waals surface area (Å²) in [7, 11) is 2.23. The number of benzene rings is 1. The number of rotatable bonds is 5. The molecule has 6 heterocycles. The molecular formula is C25H26N8. The smallest absolute Gasteiger partial charge is 0.163 e. The van der Waals surface area contributed by atoms with Gasteiger partial charge in [0.2, 0.25) is 0 Å². The van der Waals surface area contributed by atoms with Gasteiger partial charge >= 0.3 is 0 Å². The Kier molecular flexibility index (Phi) is 4.17. The van der Waals surface area contributed by atoms with E-state index in [9.17, 15) is 0 Å². The van der Waals surface area contributed by atoms with E-state index in [1.165, 1.54) is 25.0 Å². The largest absolute Gasteiger partial charge is 0.353 e. The van der Waals surface area contributed by atoms with Crippen molar-refractivity contribution >= 4 is 28.4 Å².